The molecular weight excluding hydrogens is 390 g/mol. The van der Waals surface area contributed by atoms with Crippen LogP contribution in [-0.2, 0) is 19.5 Å². The molecule has 1 aromatic heterocycles. The maximum absolute atomic E-state index is 12.8. The number of hydrogen-bond donors (Lipinski definition) is 1. The molecule has 3 aliphatic heterocycles. The molecule has 0 bridgehead atoms. The fourth-order valence-electron chi connectivity index (χ4n) is 3.78. The second-order valence-corrected chi connectivity index (χ2v) is 10.2. The van der Waals surface area contributed by atoms with Gasteiger partial charge in [0.1, 0.15) is 10.6 Å². The number of H-pyrrole nitrogens is 1. The summed E-state index contributed by atoms with van der Waals surface area (Å²) < 4.78 is 38.1. The topological polar surface area (TPSA) is 91.9 Å². The summed E-state index contributed by atoms with van der Waals surface area (Å²) in [5, 5.41) is 0. The normalized spacial score (nSPS) is 23.8. The molecule has 4 heterocycles. The van der Waals surface area contributed by atoms with Gasteiger partial charge in [0.2, 0.25) is 10.0 Å². The molecule has 3 aliphatic rings. The minimum absolute atomic E-state index is 0.146. The Morgan fingerprint density at radius 3 is 2.44 bits per heavy atom. The summed E-state index contributed by atoms with van der Waals surface area (Å²) in [6.07, 6.45) is 2.94. The number of aromatic nitrogens is 1. The van der Waals surface area contributed by atoms with Crippen LogP contribution in [-0.4, -0.2) is 85.7 Å². The summed E-state index contributed by atoms with van der Waals surface area (Å²) in [6.45, 7) is 3.55. The lowest BCUT2D eigenvalue weighted by molar-refractivity contribution is -0.0956. The van der Waals surface area contributed by atoms with Crippen LogP contribution in [0.1, 0.15) is 23.3 Å². The molecule has 3 saturated heterocycles. The first-order chi connectivity index (χ1) is 13.1. The first kappa shape index (κ1) is 19.3. The SMILES string of the molecule is O=C(c1cc(S(=O)(=O)N2CCSCC2)c[nH]1)N1CCC(C2OCCO2)CC1. The molecule has 0 atom stereocenters. The van der Waals surface area contributed by atoms with Crippen molar-refractivity contribution >= 4 is 27.7 Å². The van der Waals surface area contributed by atoms with Gasteiger partial charge in [0.25, 0.3) is 5.91 Å². The Morgan fingerprint density at radius 2 is 1.78 bits per heavy atom. The third-order valence-electron chi connectivity index (χ3n) is 5.35. The highest BCUT2D eigenvalue weighted by Crippen LogP contribution is 2.27. The van der Waals surface area contributed by atoms with Gasteiger partial charge in [0.15, 0.2) is 6.29 Å². The van der Waals surface area contributed by atoms with Gasteiger partial charge in [-0.2, -0.15) is 16.1 Å². The van der Waals surface area contributed by atoms with Crippen molar-refractivity contribution < 1.29 is 22.7 Å². The van der Waals surface area contributed by atoms with Gasteiger partial charge < -0.3 is 19.4 Å². The lowest BCUT2D eigenvalue weighted by Gasteiger charge is -2.33. The number of nitrogens with zero attached hydrogens (tertiary/aromatic N) is 2. The summed E-state index contributed by atoms with van der Waals surface area (Å²) in [4.78, 5) is 17.6. The first-order valence-corrected chi connectivity index (χ1v) is 11.9. The number of thioether (sulfide) groups is 1. The van der Waals surface area contributed by atoms with Crippen LogP contribution >= 0.6 is 11.8 Å². The molecule has 0 unspecified atom stereocenters. The van der Waals surface area contributed by atoms with E-state index in [1.807, 2.05) is 0 Å². The van der Waals surface area contributed by atoms with E-state index in [1.54, 1.807) is 16.7 Å². The van der Waals surface area contributed by atoms with Gasteiger partial charge in [0, 0.05) is 49.8 Å². The molecule has 8 nitrogen and oxygen atoms in total. The molecule has 0 saturated carbocycles. The zero-order chi connectivity index (χ0) is 18.9. The van der Waals surface area contributed by atoms with Crippen molar-refractivity contribution in [2.75, 3.05) is 50.9 Å². The van der Waals surface area contributed by atoms with Gasteiger partial charge in [0.05, 0.1) is 13.2 Å². The zero-order valence-corrected chi connectivity index (χ0v) is 16.8. The van der Waals surface area contributed by atoms with E-state index in [2.05, 4.69) is 4.98 Å². The van der Waals surface area contributed by atoms with Gasteiger partial charge in [-0.25, -0.2) is 8.42 Å². The Hall–Kier alpha value is -1.07. The molecule has 3 fully saturated rings. The van der Waals surface area contributed by atoms with Crippen molar-refractivity contribution in [2.24, 2.45) is 5.92 Å². The molecule has 1 amide bonds. The van der Waals surface area contributed by atoms with E-state index in [4.69, 9.17) is 9.47 Å². The molecule has 0 spiro atoms. The molecule has 0 aliphatic carbocycles. The van der Waals surface area contributed by atoms with Crippen molar-refractivity contribution in [3.8, 4) is 0 Å². The van der Waals surface area contributed by atoms with Crippen LogP contribution in [0.25, 0.3) is 0 Å². The fraction of sp³-hybridized carbons (Fsp3) is 0.706. The zero-order valence-electron chi connectivity index (χ0n) is 15.1. The quantitative estimate of drug-likeness (QED) is 0.788. The predicted octanol–water partition coefficient (Wildman–Crippen LogP) is 0.977. The van der Waals surface area contributed by atoms with Gasteiger partial charge in [-0.3, -0.25) is 4.79 Å². The molecule has 0 radical (unpaired) electrons. The Balaban J connectivity index is 1.39. The number of hydrogen-bond acceptors (Lipinski definition) is 6. The van der Waals surface area contributed by atoms with Crippen LogP contribution in [0, 0.1) is 5.92 Å². The monoisotopic (exact) mass is 415 g/mol. The molecule has 1 N–H and O–H groups in total. The van der Waals surface area contributed by atoms with Crippen LogP contribution in [0.5, 0.6) is 0 Å². The number of likely N-dealkylation sites (tertiary alicyclic amines) is 1. The number of carbonyl (C=O) groups is 1. The minimum atomic E-state index is -3.54. The lowest BCUT2D eigenvalue weighted by atomic mass is 9.96. The van der Waals surface area contributed by atoms with Crippen LogP contribution in [0.2, 0.25) is 0 Å². The van der Waals surface area contributed by atoms with E-state index >= 15 is 0 Å². The maximum atomic E-state index is 12.8. The molecule has 10 heteroatoms. The highest BCUT2D eigenvalue weighted by Gasteiger charge is 2.33. The highest BCUT2D eigenvalue weighted by molar-refractivity contribution is 7.99. The Bertz CT molecular complexity index is 761. The molecule has 4 rings (SSSR count). The average molecular weight is 416 g/mol. The predicted molar refractivity (Wildman–Crippen MR) is 101 cm³/mol. The summed E-state index contributed by atoms with van der Waals surface area (Å²) in [7, 11) is -3.54. The Labute approximate surface area is 163 Å². The Morgan fingerprint density at radius 1 is 1.11 bits per heavy atom. The van der Waals surface area contributed by atoms with Crippen molar-refractivity contribution in [1.82, 2.24) is 14.2 Å². The molecule has 0 aromatic carbocycles. The molecule has 150 valence electrons. The third-order valence-corrected chi connectivity index (χ3v) is 8.17. The standard InChI is InChI=1S/C17H25N3O5S2/c21-16(19-3-1-13(2-4-19)17-24-7-8-25-17)15-11-14(12-18-15)27(22,23)20-5-9-26-10-6-20/h11-13,17-18H,1-10H2. The average Bonchev–Trinajstić information content (AvgIpc) is 3.41. The summed E-state index contributed by atoms with van der Waals surface area (Å²) in [5.74, 6) is 1.77. The van der Waals surface area contributed by atoms with Gasteiger partial charge in [-0.15, -0.1) is 0 Å². The van der Waals surface area contributed by atoms with Gasteiger partial charge in [-0.05, 0) is 18.9 Å². The number of sulfonamides is 1. The number of ether oxygens (including phenoxy) is 2. The summed E-state index contributed by atoms with van der Waals surface area (Å²) in [6, 6.07) is 1.47. The van der Waals surface area contributed by atoms with Crippen LogP contribution < -0.4 is 0 Å². The van der Waals surface area contributed by atoms with Crippen molar-refractivity contribution in [3.63, 3.8) is 0 Å². The van der Waals surface area contributed by atoms with Crippen molar-refractivity contribution in [1.29, 1.82) is 0 Å². The van der Waals surface area contributed by atoms with E-state index in [1.165, 1.54) is 16.6 Å². The van der Waals surface area contributed by atoms with Crippen LogP contribution in [0.15, 0.2) is 17.2 Å². The summed E-state index contributed by atoms with van der Waals surface area (Å²) in [5.41, 5.74) is 0.326. The van der Waals surface area contributed by atoms with E-state index in [0.717, 1.165) is 24.3 Å². The van der Waals surface area contributed by atoms with Gasteiger partial charge in [-0.1, -0.05) is 0 Å². The number of carbonyl (C=O) groups excluding carboxylic acids is 1. The van der Waals surface area contributed by atoms with Crippen molar-refractivity contribution in [2.45, 2.75) is 24.0 Å². The fourth-order valence-corrected chi connectivity index (χ4v) is 6.35. The first-order valence-electron chi connectivity index (χ1n) is 9.34. The minimum Gasteiger partial charge on any atom is -0.356 e. The highest BCUT2D eigenvalue weighted by atomic mass is 32.2. The molecular formula is C17H25N3O5S2. The lowest BCUT2D eigenvalue weighted by Crippen LogP contribution is -2.41. The Kier molecular flexibility index (Phi) is 5.79. The number of rotatable bonds is 4. The second kappa shape index (κ2) is 8.12. The molecule has 1 aromatic rings. The van der Waals surface area contributed by atoms with Crippen LogP contribution in [0.3, 0.4) is 0 Å². The summed E-state index contributed by atoms with van der Waals surface area (Å²) >= 11 is 1.76. The number of nitrogens with one attached hydrogen (secondary N) is 1. The smallest absolute Gasteiger partial charge is 0.270 e. The maximum Gasteiger partial charge on any atom is 0.270 e. The van der Waals surface area contributed by atoms with E-state index in [0.29, 0.717) is 51.0 Å². The number of piperidine rings is 1. The molecule has 27 heavy (non-hydrogen) atoms. The largest absolute Gasteiger partial charge is 0.356 e. The number of aromatic amines is 1. The van der Waals surface area contributed by atoms with Crippen LogP contribution in [0.4, 0.5) is 0 Å². The van der Waals surface area contributed by atoms with E-state index in [9.17, 15) is 13.2 Å². The van der Waals surface area contributed by atoms with E-state index in [-0.39, 0.29) is 17.1 Å². The third kappa shape index (κ3) is 4.04. The second-order valence-electron chi connectivity index (χ2n) is 7.01. The van der Waals surface area contributed by atoms with Crippen molar-refractivity contribution in [3.05, 3.63) is 18.0 Å². The van der Waals surface area contributed by atoms with Gasteiger partial charge >= 0.3 is 0 Å². The van der Waals surface area contributed by atoms with E-state index < -0.39 is 10.0 Å². The number of amides is 1.